The number of anilines is 1. The third kappa shape index (κ3) is 4.67. The normalized spacial score (nSPS) is 16.4. The fraction of sp³-hybridized carbons (Fsp3) is 0.435. The van der Waals surface area contributed by atoms with Crippen LogP contribution in [-0.4, -0.2) is 58.4 Å². The van der Waals surface area contributed by atoms with Gasteiger partial charge in [-0.1, -0.05) is 29.8 Å². The Balaban J connectivity index is 1.65. The summed E-state index contributed by atoms with van der Waals surface area (Å²) in [6.45, 7) is 9.91. The zero-order valence-electron chi connectivity index (χ0n) is 18.5. The molecule has 7 nitrogen and oxygen atoms in total. The van der Waals surface area contributed by atoms with E-state index in [9.17, 15) is 0 Å². The lowest BCUT2D eigenvalue weighted by Gasteiger charge is -2.40. The standard InChI is InChI=1S/C23H29ClN6O/c1-23(2,3)30-22(25-26-27-30)21(17-7-5-10-20(15-17)31-4)29-13-11-28(12-14-29)19-9-6-8-18(24)16-19/h5-10,15-16,21H,11-14H2,1-4H3/t21-/m1/s1. The Kier molecular flexibility index (Phi) is 6.16. The minimum atomic E-state index is -0.224. The summed E-state index contributed by atoms with van der Waals surface area (Å²) in [4.78, 5) is 4.82. The van der Waals surface area contributed by atoms with E-state index < -0.39 is 0 Å². The van der Waals surface area contributed by atoms with Crippen LogP contribution in [0, 0.1) is 0 Å². The summed E-state index contributed by atoms with van der Waals surface area (Å²) in [5, 5.41) is 13.6. The molecule has 31 heavy (non-hydrogen) atoms. The number of rotatable bonds is 5. The van der Waals surface area contributed by atoms with E-state index in [0.717, 1.165) is 54.0 Å². The Hall–Kier alpha value is -2.64. The molecule has 0 spiro atoms. The molecule has 1 fully saturated rings. The van der Waals surface area contributed by atoms with Crippen LogP contribution in [-0.2, 0) is 5.54 Å². The van der Waals surface area contributed by atoms with E-state index in [0.29, 0.717) is 0 Å². The van der Waals surface area contributed by atoms with Gasteiger partial charge in [-0.3, -0.25) is 4.90 Å². The maximum Gasteiger partial charge on any atom is 0.173 e. The first kappa shape index (κ1) is 21.6. The third-order valence-corrected chi connectivity index (χ3v) is 5.87. The molecule has 1 aliphatic rings. The second-order valence-electron chi connectivity index (χ2n) is 8.80. The van der Waals surface area contributed by atoms with Crippen LogP contribution in [0.3, 0.4) is 0 Å². The van der Waals surface area contributed by atoms with Gasteiger partial charge in [0.05, 0.1) is 18.7 Å². The fourth-order valence-corrected chi connectivity index (χ4v) is 4.27. The number of piperazine rings is 1. The quantitative estimate of drug-likeness (QED) is 0.597. The molecule has 1 aromatic heterocycles. The topological polar surface area (TPSA) is 59.3 Å². The van der Waals surface area contributed by atoms with Gasteiger partial charge in [-0.15, -0.1) is 5.10 Å². The van der Waals surface area contributed by atoms with Crippen molar-refractivity contribution >= 4 is 17.3 Å². The maximum absolute atomic E-state index is 6.21. The highest BCUT2D eigenvalue weighted by Gasteiger charge is 2.33. The number of halogens is 1. The molecule has 0 saturated carbocycles. The van der Waals surface area contributed by atoms with Crippen molar-refractivity contribution in [3.8, 4) is 5.75 Å². The molecule has 0 aliphatic carbocycles. The maximum atomic E-state index is 6.21. The summed E-state index contributed by atoms with van der Waals surface area (Å²) < 4.78 is 7.43. The van der Waals surface area contributed by atoms with Gasteiger partial charge >= 0.3 is 0 Å². The molecule has 0 N–H and O–H groups in total. The van der Waals surface area contributed by atoms with Gasteiger partial charge in [0.15, 0.2) is 5.82 Å². The van der Waals surface area contributed by atoms with Crippen molar-refractivity contribution in [2.75, 3.05) is 38.2 Å². The Labute approximate surface area is 188 Å². The van der Waals surface area contributed by atoms with Gasteiger partial charge in [0.25, 0.3) is 0 Å². The van der Waals surface area contributed by atoms with Crippen LogP contribution < -0.4 is 9.64 Å². The lowest BCUT2D eigenvalue weighted by Crippen LogP contribution is -2.48. The largest absolute Gasteiger partial charge is 0.497 e. The second-order valence-corrected chi connectivity index (χ2v) is 9.24. The zero-order valence-corrected chi connectivity index (χ0v) is 19.3. The lowest BCUT2D eigenvalue weighted by molar-refractivity contribution is 0.191. The minimum Gasteiger partial charge on any atom is -0.497 e. The van der Waals surface area contributed by atoms with E-state index in [4.69, 9.17) is 16.3 Å². The molecule has 0 bridgehead atoms. The number of benzene rings is 2. The summed E-state index contributed by atoms with van der Waals surface area (Å²) in [5.41, 5.74) is 2.05. The molecule has 4 rings (SSSR count). The molecule has 2 aromatic carbocycles. The molecule has 8 heteroatoms. The molecular formula is C23H29ClN6O. The predicted molar refractivity (Wildman–Crippen MR) is 123 cm³/mol. The van der Waals surface area contributed by atoms with Crippen LogP contribution in [0.1, 0.15) is 38.2 Å². The number of methoxy groups -OCH3 is 1. The van der Waals surface area contributed by atoms with Gasteiger partial charge in [0.1, 0.15) is 5.75 Å². The van der Waals surface area contributed by atoms with Crippen LogP contribution in [0.25, 0.3) is 0 Å². The van der Waals surface area contributed by atoms with Crippen molar-refractivity contribution in [1.82, 2.24) is 25.1 Å². The number of tetrazole rings is 1. The van der Waals surface area contributed by atoms with Crippen molar-refractivity contribution in [3.05, 3.63) is 64.9 Å². The third-order valence-electron chi connectivity index (χ3n) is 5.64. The average molecular weight is 441 g/mol. The van der Waals surface area contributed by atoms with E-state index in [2.05, 4.69) is 64.3 Å². The smallest absolute Gasteiger partial charge is 0.173 e. The van der Waals surface area contributed by atoms with Gasteiger partial charge in [-0.05, 0) is 67.1 Å². The molecule has 164 valence electrons. The number of ether oxygens (including phenoxy) is 1. The highest BCUT2D eigenvalue weighted by molar-refractivity contribution is 6.30. The van der Waals surface area contributed by atoms with Crippen molar-refractivity contribution in [3.63, 3.8) is 0 Å². The number of nitrogens with zero attached hydrogens (tertiary/aromatic N) is 6. The number of aromatic nitrogens is 4. The van der Waals surface area contributed by atoms with Gasteiger partial charge in [0, 0.05) is 36.9 Å². The fourth-order valence-electron chi connectivity index (χ4n) is 4.09. The highest BCUT2D eigenvalue weighted by atomic mass is 35.5. The van der Waals surface area contributed by atoms with E-state index >= 15 is 0 Å². The molecule has 1 saturated heterocycles. The van der Waals surface area contributed by atoms with E-state index in [-0.39, 0.29) is 11.6 Å². The summed E-state index contributed by atoms with van der Waals surface area (Å²) in [7, 11) is 1.69. The molecule has 1 atom stereocenters. The molecule has 1 aliphatic heterocycles. The van der Waals surface area contributed by atoms with Gasteiger partial charge < -0.3 is 9.64 Å². The first-order valence-electron chi connectivity index (χ1n) is 10.5. The van der Waals surface area contributed by atoms with Gasteiger partial charge in [-0.2, -0.15) is 0 Å². The van der Waals surface area contributed by atoms with Crippen molar-refractivity contribution in [2.24, 2.45) is 0 Å². The molecule has 0 radical (unpaired) electrons. The summed E-state index contributed by atoms with van der Waals surface area (Å²) in [6.07, 6.45) is 0. The summed E-state index contributed by atoms with van der Waals surface area (Å²) >= 11 is 6.21. The van der Waals surface area contributed by atoms with Crippen LogP contribution in [0.2, 0.25) is 5.02 Å². The lowest BCUT2D eigenvalue weighted by atomic mass is 10.0. The van der Waals surface area contributed by atoms with Crippen molar-refractivity contribution in [2.45, 2.75) is 32.4 Å². The SMILES string of the molecule is COc1cccc([C@H](c2nnnn2C(C)(C)C)N2CCN(c3cccc(Cl)c3)CC2)c1. The minimum absolute atomic E-state index is 0.0640. The summed E-state index contributed by atoms with van der Waals surface area (Å²) in [6, 6.07) is 16.2. The van der Waals surface area contributed by atoms with Gasteiger partial charge in [0.2, 0.25) is 0 Å². The zero-order chi connectivity index (χ0) is 22.0. The highest BCUT2D eigenvalue weighted by Crippen LogP contribution is 2.33. The van der Waals surface area contributed by atoms with E-state index in [1.807, 2.05) is 35.0 Å². The molecule has 2 heterocycles. The molecule has 0 amide bonds. The molecule has 3 aromatic rings. The predicted octanol–water partition coefficient (Wildman–Crippen LogP) is 4.00. The van der Waals surface area contributed by atoms with Gasteiger partial charge in [-0.25, -0.2) is 4.68 Å². The Morgan fingerprint density at radius 1 is 1.00 bits per heavy atom. The summed E-state index contributed by atoms with van der Waals surface area (Å²) in [5.74, 6) is 1.67. The Morgan fingerprint density at radius 3 is 2.42 bits per heavy atom. The van der Waals surface area contributed by atoms with Crippen LogP contribution in [0.5, 0.6) is 5.75 Å². The second kappa shape index (κ2) is 8.85. The van der Waals surface area contributed by atoms with Crippen LogP contribution in [0.4, 0.5) is 5.69 Å². The van der Waals surface area contributed by atoms with Crippen molar-refractivity contribution < 1.29 is 4.74 Å². The number of hydrogen-bond acceptors (Lipinski definition) is 6. The average Bonchev–Trinajstić information content (AvgIpc) is 3.25. The monoisotopic (exact) mass is 440 g/mol. The van der Waals surface area contributed by atoms with E-state index in [1.54, 1.807) is 7.11 Å². The first-order valence-corrected chi connectivity index (χ1v) is 10.9. The molecule has 0 unspecified atom stereocenters. The Bertz CT molecular complexity index is 1020. The molecular weight excluding hydrogens is 412 g/mol. The number of hydrogen-bond donors (Lipinski definition) is 0. The Morgan fingerprint density at radius 2 is 1.74 bits per heavy atom. The van der Waals surface area contributed by atoms with Crippen molar-refractivity contribution in [1.29, 1.82) is 0 Å². The van der Waals surface area contributed by atoms with Crippen LogP contribution >= 0.6 is 11.6 Å². The van der Waals surface area contributed by atoms with E-state index in [1.165, 1.54) is 0 Å². The first-order chi connectivity index (χ1) is 14.9. The van der Waals surface area contributed by atoms with Crippen LogP contribution in [0.15, 0.2) is 48.5 Å².